The van der Waals surface area contributed by atoms with Crippen LogP contribution in [0, 0.1) is 0 Å². The molecule has 0 aliphatic carbocycles. The fourth-order valence-corrected chi connectivity index (χ4v) is 1.82. The number of nitrogens with zero attached hydrogens (tertiary/aromatic N) is 1. The van der Waals surface area contributed by atoms with Crippen molar-refractivity contribution in [2.24, 2.45) is 0 Å². The topological polar surface area (TPSA) is 51.2 Å². The first kappa shape index (κ1) is 16.3. The number of carbonyl (C=O) groups excluding carboxylic acids is 1. The lowest BCUT2D eigenvalue weighted by atomic mass is 10.2. The van der Waals surface area contributed by atoms with E-state index in [2.05, 4.69) is 31.0 Å². The average molecular weight is 375 g/mol. The van der Waals surface area contributed by atoms with Gasteiger partial charge >= 0.3 is 6.18 Å². The summed E-state index contributed by atoms with van der Waals surface area (Å²) < 4.78 is 42.0. The smallest absolute Gasteiger partial charge is 0.422 e. The minimum absolute atomic E-state index is 0.0744. The summed E-state index contributed by atoms with van der Waals surface area (Å²) in [6.45, 7) is -1.51. The third kappa shape index (κ3) is 4.73. The van der Waals surface area contributed by atoms with Crippen LogP contribution >= 0.6 is 15.9 Å². The highest BCUT2D eigenvalue weighted by atomic mass is 79.9. The Labute approximate surface area is 132 Å². The number of ether oxygens (including phenoxy) is 1. The fraction of sp³-hybridized carbons (Fsp3) is 0.143. The normalized spacial score (nSPS) is 11.1. The zero-order valence-electron chi connectivity index (χ0n) is 11.0. The van der Waals surface area contributed by atoms with Crippen LogP contribution in [0.3, 0.4) is 0 Å². The molecule has 2 rings (SSSR count). The summed E-state index contributed by atoms with van der Waals surface area (Å²) in [7, 11) is 0. The number of rotatable bonds is 4. The summed E-state index contributed by atoms with van der Waals surface area (Å²) in [5, 5.41) is 2.56. The number of halogens is 4. The first-order chi connectivity index (χ1) is 10.3. The van der Waals surface area contributed by atoms with E-state index in [-0.39, 0.29) is 11.4 Å². The molecule has 8 heteroatoms. The molecule has 0 atom stereocenters. The second-order valence-electron chi connectivity index (χ2n) is 4.22. The summed E-state index contributed by atoms with van der Waals surface area (Å²) in [6.07, 6.45) is -3.25. The van der Waals surface area contributed by atoms with E-state index in [4.69, 9.17) is 0 Å². The van der Waals surface area contributed by atoms with Gasteiger partial charge in [0, 0.05) is 16.4 Å². The SMILES string of the molecule is O=C(Nc1ccc(Br)cc1)c1cccnc1OCC(F)(F)F. The molecule has 0 fully saturated rings. The van der Waals surface area contributed by atoms with Crippen LogP contribution in [-0.4, -0.2) is 23.7 Å². The molecule has 0 aliphatic heterocycles. The third-order valence-electron chi connectivity index (χ3n) is 2.49. The van der Waals surface area contributed by atoms with Crippen molar-refractivity contribution in [3.63, 3.8) is 0 Å². The summed E-state index contributed by atoms with van der Waals surface area (Å²) in [6, 6.07) is 9.52. The van der Waals surface area contributed by atoms with Crippen LogP contribution in [-0.2, 0) is 0 Å². The Morgan fingerprint density at radius 1 is 1.23 bits per heavy atom. The molecule has 116 valence electrons. The highest BCUT2D eigenvalue weighted by Crippen LogP contribution is 2.21. The van der Waals surface area contributed by atoms with E-state index < -0.39 is 18.7 Å². The Kier molecular flexibility index (Phi) is 5.02. The zero-order chi connectivity index (χ0) is 16.2. The van der Waals surface area contributed by atoms with Crippen LogP contribution in [0.15, 0.2) is 47.1 Å². The zero-order valence-corrected chi connectivity index (χ0v) is 12.6. The van der Waals surface area contributed by atoms with Crippen molar-refractivity contribution < 1.29 is 22.7 Å². The summed E-state index contributed by atoms with van der Waals surface area (Å²) in [5.74, 6) is -0.970. The molecular weight excluding hydrogens is 365 g/mol. The van der Waals surface area contributed by atoms with Gasteiger partial charge in [-0.1, -0.05) is 15.9 Å². The van der Waals surface area contributed by atoms with E-state index in [9.17, 15) is 18.0 Å². The van der Waals surface area contributed by atoms with Gasteiger partial charge in [0.15, 0.2) is 6.61 Å². The van der Waals surface area contributed by atoms with Crippen LogP contribution in [0.2, 0.25) is 0 Å². The molecule has 22 heavy (non-hydrogen) atoms. The standard InChI is InChI=1S/C14H10BrF3N2O2/c15-9-3-5-10(6-4-9)20-12(21)11-2-1-7-19-13(11)22-8-14(16,17)18/h1-7H,8H2,(H,20,21). The predicted octanol–water partition coefficient (Wildman–Crippen LogP) is 4.04. The number of hydrogen-bond donors (Lipinski definition) is 1. The summed E-state index contributed by atoms with van der Waals surface area (Å²) >= 11 is 3.26. The van der Waals surface area contributed by atoms with E-state index in [1.54, 1.807) is 24.3 Å². The van der Waals surface area contributed by atoms with Crippen LogP contribution in [0.5, 0.6) is 5.88 Å². The summed E-state index contributed by atoms with van der Waals surface area (Å²) in [5.41, 5.74) is 0.425. The van der Waals surface area contributed by atoms with Crippen molar-refractivity contribution in [2.75, 3.05) is 11.9 Å². The maximum atomic E-state index is 12.2. The molecule has 1 aromatic heterocycles. The van der Waals surface area contributed by atoms with Gasteiger partial charge in [0.05, 0.1) is 0 Å². The number of pyridine rings is 1. The molecule has 1 N–H and O–H groups in total. The number of aromatic nitrogens is 1. The minimum atomic E-state index is -4.50. The average Bonchev–Trinajstić information content (AvgIpc) is 2.47. The van der Waals surface area contributed by atoms with Crippen LogP contribution < -0.4 is 10.1 Å². The van der Waals surface area contributed by atoms with Gasteiger partial charge in [-0.15, -0.1) is 0 Å². The Morgan fingerprint density at radius 2 is 1.91 bits per heavy atom. The van der Waals surface area contributed by atoms with Gasteiger partial charge in [0.1, 0.15) is 5.56 Å². The largest absolute Gasteiger partial charge is 0.467 e. The molecule has 0 aliphatic rings. The van der Waals surface area contributed by atoms with Crippen LogP contribution in [0.4, 0.5) is 18.9 Å². The van der Waals surface area contributed by atoms with E-state index in [0.717, 1.165) is 4.47 Å². The third-order valence-corrected chi connectivity index (χ3v) is 3.02. The van der Waals surface area contributed by atoms with Crippen molar-refractivity contribution in [3.05, 3.63) is 52.6 Å². The van der Waals surface area contributed by atoms with E-state index in [1.807, 2.05) is 0 Å². The van der Waals surface area contributed by atoms with Crippen molar-refractivity contribution in [1.29, 1.82) is 0 Å². The number of carbonyl (C=O) groups is 1. The minimum Gasteiger partial charge on any atom is -0.467 e. The second-order valence-corrected chi connectivity index (χ2v) is 5.14. The molecule has 4 nitrogen and oxygen atoms in total. The van der Waals surface area contributed by atoms with Crippen molar-refractivity contribution in [2.45, 2.75) is 6.18 Å². The van der Waals surface area contributed by atoms with E-state index in [0.29, 0.717) is 5.69 Å². The highest BCUT2D eigenvalue weighted by Gasteiger charge is 2.29. The number of anilines is 1. The fourth-order valence-electron chi connectivity index (χ4n) is 1.56. The monoisotopic (exact) mass is 374 g/mol. The van der Waals surface area contributed by atoms with Gasteiger partial charge in [-0.3, -0.25) is 4.79 Å². The lowest BCUT2D eigenvalue weighted by Gasteiger charge is -2.12. The number of amides is 1. The predicted molar refractivity (Wildman–Crippen MR) is 77.9 cm³/mol. The lowest BCUT2D eigenvalue weighted by molar-refractivity contribution is -0.154. The maximum Gasteiger partial charge on any atom is 0.422 e. The van der Waals surface area contributed by atoms with Gasteiger partial charge in [0.25, 0.3) is 5.91 Å². The van der Waals surface area contributed by atoms with E-state index in [1.165, 1.54) is 18.3 Å². The number of benzene rings is 1. The van der Waals surface area contributed by atoms with Crippen molar-refractivity contribution in [3.8, 4) is 5.88 Å². The number of hydrogen-bond acceptors (Lipinski definition) is 3. The first-order valence-electron chi connectivity index (χ1n) is 6.06. The molecule has 2 aromatic rings. The van der Waals surface area contributed by atoms with Crippen LogP contribution in [0.25, 0.3) is 0 Å². The Balaban J connectivity index is 2.13. The van der Waals surface area contributed by atoms with Crippen LogP contribution in [0.1, 0.15) is 10.4 Å². The van der Waals surface area contributed by atoms with Crippen molar-refractivity contribution >= 4 is 27.5 Å². The first-order valence-corrected chi connectivity index (χ1v) is 6.86. The molecule has 0 saturated heterocycles. The molecule has 1 aromatic carbocycles. The Bertz CT molecular complexity index is 660. The maximum absolute atomic E-state index is 12.2. The molecule has 1 amide bonds. The molecule has 0 saturated carbocycles. The van der Waals surface area contributed by atoms with Gasteiger partial charge < -0.3 is 10.1 Å². The molecular formula is C14H10BrF3N2O2. The Hall–Kier alpha value is -2.09. The second kappa shape index (κ2) is 6.78. The van der Waals surface area contributed by atoms with E-state index >= 15 is 0 Å². The Morgan fingerprint density at radius 3 is 2.55 bits per heavy atom. The van der Waals surface area contributed by atoms with Gasteiger partial charge in [0.2, 0.25) is 5.88 Å². The quantitative estimate of drug-likeness (QED) is 0.878. The molecule has 0 radical (unpaired) electrons. The van der Waals surface area contributed by atoms with Gasteiger partial charge in [-0.05, 0) is 36.4 Å². The number of alkyl halides is 3. The molecule has 1 heterocycles. The molecule has 0 spiro atoms. The van der Waals surface area contributed by atoms with Gasteiger partial charge in [-0.25, -0.2) is 4.98 Å². The molecule has 0 unspecified atom stereocenters. The lowest BCUT2D eigenvalue weighted by Crippen LogP contribution is -2.21. The molecule has 0 bridgehead atoms. The van der Waals surface area contributed by atoms with Crippen molar-refractivity contribution in [1.82, 2.24) is 4.98 Å². The summed E-state index contributed by atoms with van der Waals surface area (Å²) in [4.78, 5) is 15.8. The highest BCUT2D eigenvalue weighted by molar-refractivity contribution is 9.10. The number of nitrogens with one attached hydrogen (secondary N) is 1. The van der Waals surface area contributed by atoms with Gasteiger partial charge in [-0.2, -0.15) is 13.2 Å².